The number of hydrogen-bond donors (Lipinski definition) is 1. The summed E-state index contributed by atoms with van der Waals surface area (Å²) in [6.45, 7) is 9.36. The van der Waals surface area contributed by atoms with Crippen LogP contribution < -0.4 is 10.2 Å². The first-order chi connectivity index (χ1) is 9.94. The molecule has 2 aromatic rings. The highest BCUT2D eigenvalue weighted by atomic mass is 15.3. The van der Waals surface area contributed by atoms with E-state index in [9.17, 15) is 0 Å². The molecule has 0 radical (unpaired) electrons. The molecule has 0 aliphatic carbocycles. The zero-order valence-electron chi connectivity index (χ0n) is 13.3. The van der Waals surface area contributed by atoms with Crippen LogP contribution in [0.5, 0.6) is 0 Å². The summed E-state index contributed by atoms with van der Waals surface area (Å²) in [5.74, 6) is 0. The van der Waals surface area contributed by atoms with Crippen molar-refractivity contribution < 1.29 is 0 Å². The number of aromatic nitrogens is 2. The van der Waals surface area contributed by atoms with Gasteiger partial charge in [0.2, 0.25) is 0 Å². The van der Waals surface area contributed by atoms with Crippen LogP contribution in [-0.4, -0.2) is 21.9 Å². The van der Waals surface area contributed by atoms with Gasteiger partial charge in [-0.2, -0.15) is 5.10 Å². The summed E-state index contributed by atoms with van der Waals surface area (Å²) in [4.78, 5) is 2.46. The Hall–Kier alpha value is -1.81. The first-order valence-corrected chi connectivity index (χ1v) is 7.52. The van der Waals surface area contributed by atoms with E-state index in [1.165, 1.54) is 16.9 Å². The number of hydrogen-bond acceptors (Lipinski definition) is 3. The van der Waals surface area contributed by atoms with E-state index < -0.39 is 0 Å². The second-order valence-corrected chi connectivity index (χ2v) is 6.62. The number of nitrogens with zero attached hydrogens (tertiary/aromatic N) is 3. The largest absolute Gasteiger partial charge is 0.364 e. The van der Waals surface area contributed by atoms with Crippen LogP contribution in [0.25, 0.3) is 0 Å². The lowest BCUT2D eigenvalue weighted by molar-refractivity contribution is 0.393. The number of nitrogens with one attached hydrogen (secondary N) is 1. The van der Waals surface area contributed by atoms with Crippen LogP contribution in [0.4, 0.5) is 5.69 Å². The fourth-order valence-electron chi connectivity index (χ4n) is 3.07. The van der Waals surface area contributed by atoms with Gasteiger partial charge in [-0.3, -0.25) is 4.68 Å². The van der Waals surface area contributed by atoms with Gasteiger partial charge in [0, 0.05) is 31.4 Å². The van der Waals surface area contributed by atoms with Crippen LogP contribution in [-0.2, 0) is 20.1 Å². The van der Waals surface area contributed by atoms with E-state index in [0.717, 1.165) is 25.3 Å². The SMILES string of the molecule is Cc1cc(CN2CC(C)(C)NCc3ccccc32)n(C)n1. The molecule has 1 aliphatic heterocycles. The average molecular weight is 284 g/mol. The third kappa shape index (κ3) is 2.95. The van der Waals surface area contributed by atoms with Gasteiger partial charge in [0.15, 0.2) is 0 Å². The van der Waals surface area contributed by atoms with Crippen LogP contribution in [0.15, 0.2) is 30.3 Å². The highest BCUT2D eigenvalue weighted by Gasteiger charge is 2.27. The molecular weight excluding hydrogens is 260 g/mol. The van der Waals surface area contributed by atoms with Crippen LogP contribution in [0.1, 0.15) is 30.8 Å². The number of rotatable bonds is 2. The molecular formula is C17H24N4. The van der Waals surface area contributed by atoms with Crippen molar-refractivity contribution in [2.45, 2.75) is 39.4 Å². The number of fused-ring (bicyclic) bond motifs is 1. The second kappa shape index (κ2) is 5.19. The van der Waals surface area contributed by atoms with Crippen molar-refractivity contribution in [2.75, 3.05) is 11.4 Å². The molecule has 0 saturated heterocycles. The minimum atomic E-state index is 0.0899. The van der Waals surface area contributed by atoms with Gasteiger partial charge in [-0.1, -0.05) is 18.2 Å². The molecule has 0 bridgehead atoms. The average Bonchev–Trinajstić information content (AvgIpc) is 2.66. The predicted octanol–water partition coefficient (Wildman–Crippen LogP) is 2.62. The molecule has 1 N–H and O–H groups in total. The number of para-hydroxylation sites is 1. The number of anilines is 1. The first-order valence-electron chi connectivity index (χ1n) is 7.52. The number of aryl methyl sites for hydroxylation is 2. The Labute approximate surface area is 126 Å². The van der Waals surface area contributed by atoms with Gasteiger partial charge < -0.3 is 10.2 Å². The monoisotopic (exact) mass is 284 g/mol. The summed E-state index contributed by atoms with van der Waals surface area (Å²) in [7, 11) is 2.02. The van der Waals surface area contributed by atoms with Gasteiger partial charge in [-0.25, -0.2) is 0 Å². The Bertz CT molecular complexity index is 642. The Balaban J connectivity index is 1.96. The lowest BCUT2D eigenvalue weighted by atomic mass is 10.1. The first kappa shape index (κ1) is 14.1. The fourth-order valence-corrected chi connectivity index (χ4v) is 3.07. The van der Waals surface area contributed by atoms with E-state index in [-0.39, 0.29) is 5.54 Å². The fraction of sp³-hybridized carbons (Fsp3) is 0.471. The van der Waals surface area contributed by atoms with Crippen molar-refractivity contribution in [3.63, 3.8) is 0 Å². The Morgan fingerprint density at radius 2 is 2.05 bits per heavy atom. The van der Waals surface area contributed by atoms with Gasteiger partial charge in [0.1, 0.15) is 0 Å². The van der Waals surface area contributed by atoms with Gasteiger partial charge >= 0.3 is 0 Å². The summed E-state index contributed by atoms with van der Waals surface area (Å²) >= 11 is 0. The summed E-state index contributed by atoms with van der Waals surface area (Å²) in [6.07, 6.45) is 0. The molecule has 0 spiro atoms. The van der Waals surface area contributed by atoms with Gasteiger partial charge in [-0.05, 0) is 38.5 Å². The molecule has 3 rings (SSSR count). The lowest BCUT2D eigenvalue weighted by Gasteiger charge is -2.32. The lowest BCUT2D eigenvalue weighted by Crippen LogP contribution is -2.46. The minimum Gasteiger partial charge on any atom is -0.364 e. The predicted molar refractivity (Wildman–Crippen MR) is 86.4 cm³/mol. The van der Waals surface area contributed by atoms with Gasteiger partial charge in [0.25, 0.3) is 0 Å². The maximum absolute atomic E-state index is 4.47. The van der Waals surface area contributed by atoms with E-state index >= 15 is 0 Å². The topological polar surface area (TPSA) is 33.1 Å². The van der Waals surface area contributed by atoms with Crippen LogP contribution in [0.2, 0.25) is 0 Å². The third-order valence-corrected chi connectivity index (χ3v) is 4.13. The Morgan fingerprint density at radius 3 is 2.76 bits per heavy atom. The number of benzene rings is 1. The van der Waals surface area contributed by atoms with E-state index in [0.29, 0.717) is 0 Å². The summed E-state index contributed by atoms with van der Waals surface area (Å²) in [6, 6.07) is 10.9. The molecule has 1 aliphatic rings. The van der Waals surface area contributed by atoms with Crippen LogP contribution in [0, 0.1) is 6.92 Å². The van der Waals surface area contributed by atoms with Crippen molar-refractivity contribution in [2.24, 2.45) is 7.05 Å². The maximum Gasteiger partial charge on any atom is 0.0599 e. The van der Waals surface area contributed by atoms with Crippen molar-refractivity contribution in [1.29, 1.82) is 0 Å². The summed E-state index contributed by atoms with van der Waals surface area (Å²) < 4.78 is 1.99. The molecule has 0 atom stereocenters. The molecule has 21 heavy (non-hydrogen) atoms. The molecule has 0 amide bonds. The van der Waals surface area contributed by atoms with Gasteiger partial charge in [-0.15, -0.1) is 0 Å². The quantitative estimate of drug-likeness (QED) is 0.920. The molecule has 1 aromatic heterocycles. The highest BCUT2D eigenvalue weighted by Crippen LogP contribution is 2.27. The molecule has 0 unspecified atom stereocenters. The van der Waals surface area contributed by atoms with Crippen molar-refractivity contribution in [3.8, 4) is 0 Å². The van der Waals surface area contributed by atoms with Crippen LogP contribution in [0.3, 0.4) is 0 Å². The zero-order valence-corrected chi connectivity index (χ0v) is 13.3. The third-order valence-electron chi connectivity index (χ3n) is 4.13. The molecule has 112 valence electrons. The summed E-state index contributed by atoms with van der Waals surface area (Å²) in [5.41, 5.74) is 5.11. The molecule has 2 heterocycles. The van der Waals surface area contributed by atoms with E-state index in [1.807, 2.05) is 18.7 Å². The molecule has 0 fully saturated rings. The van der Waals surface area contributed by atoms with E-state index in [2.05, 4.69) is 59.5 Å². The Morgan fingerprint density at radius 1 is 1.29 bits per heavy atom. The van der Waals surface area contributed by atoms with Crippen molar-refractivity contribution in [3.05, 3.63) is 47.3 Å². The van der Waals surface area contributed by atoms with E-state index in [1.54, 1.807) is 0 Å². The van der Waals surface area contributed by atoms with E-state index in [4.69, 9.17) is 0 Å². The normalized spacial score (nSPS) is 17.4. The van der Waals surface area contributed by atoms with Crippen molar-refractivity contribution >= 4 is 5.69 Å². The highest BCUT2D eigenvalue weighted by molar-refractivity contribution is 5.55. The smallest absolute Gasteiger partial charge is 0.0599 e. The van der Waals surface area contributed by atoms with Crippen LogP contribution >= 0.6 is 0 Å². The maximum atomic E-state index is 4.47. The zero-order chi connectivity index (χ0) is 15.0. The molecule has 4 heteroatoms. The second-order valence-electron chi connectivity index (χ2n) is 6.62. The Kier molecular flexibility index (Phi) is 3.49. The minimum absolute atomic E-state index is 0.0899. The molecule has 4 nitrogen and oxygen atoms in total. The summed E-state index contributed by atoms with van der Waals surface area (Å²) in [5, 5.41) is 8.12. The van der Waals surface area contributed by atoms with Gasteiger partial charge in [0.05, 0.1) is 17.9 Å². The standard InChI is InChI=1S/C17H24N4/c1-13-9-15(20(4)19-13)11-21-12-17(2,3)18-10-14-7-5-6-8-16(14)21/h5-9,18H,10-12H2,1-4H3. The van der Waals surface area contributed by atoms with Crippen molar-refractivity contribution in [1.82, 2.24) is 15.1 Å². The molecule has 1 aromatic carbocycles. The molecule has 0 saturated carbocycles.